The Morgan fingerprint density at radius 2 is 1.71 bits per heavy atom. The van der Waals surface area contributed by atoms with Gasteiger partial charge in [0.15, 0.2) is 5.41 Å². The molecule has 1 aromatic carbocycles. The number of ether oxygens (including phenoxy) is 1. The molecule has 1 atom stereocenters. The van der Waals surface area contributed by atoms with Crippen LogP contribution in [0.2, 0.25) is 0 Å². The molecule has 156 valence electrons. The number of benzene rings is 1. The van der Waals surface area contributed by atoms with Crippen LogP contribution in [0.15, 0.2) is 24.3 Å². The lowest BCUT2D eigenvalue weighted by atomic mass is 9.86. The van der Waals surface area contributed by atoms with Crippen LogP contribution in [0.4, 0.5) is 0 Å². The summed E-state index contributed by atoms with van der Waals surface area (Å²) in [5, 5.41) is 21.9. The summed E-state index contributed by atoms with van der Waals surface area (Å²) in [6.45, 7) is 3.53. The van der Waals surface area contributed by atoms with E-state index >= 15 is 0 Å². The van der Waals surface area contributed by atoms with Crippen LogP contribution in [0.25, 0.3) is 0 Å². The molecule has 1 fully saturated rings. The second kappa shape index (κ2) is 11.1. The molecule has 28 heavy (non-hydrogen) atoms. The number of carboxylic acids is 2. The molecular weight excluding hydrogens is 358 g/mol. The molecule has 2 rings (SSSR count). The quantitative estimate of drug-likeness (QED) is 0.344. The third-order valence-electron chi connectivity index (χ3n) is 5.62. The number of hydrogen-bond acceptors (Lipinski definition) is 4. The van der Waals surface area contributed by atoms with E-state index in [9.17, 15) is 19.8 Å². The maximum Gasteiger partial charge on any atom is 0.321 e. The smallest absolute Gasteiger partial charge is 0.321 e. The van der Waals surface area contributed by atoms with E-state index in [1.807, 2.05) is 24.3 Å². The minimum absolute atomic E-state index is 0.101. The number of rotatable bonds is 13. The molecule has 1 aromatic rings. The third kappa shape index (κ3) is 6.23. The Morgan fingerprint density at radius 3 is 2.32 bits per heavy atom. The van der Waals surface area contributed by atoms with Gasteiger partial charge in [-0.3, -0.25) is 9.59 Å². The fourth-order valence-electron chi connectivity index (χ4n) is 3.74. The van der Waals surface area contributed by atoms with E-state index in [0.29, 0.717) is 13.0 Å². The van der Waals surface area contributed by atoms with Gasteiger partial charge in [-0.15, -0.1) is 0 Å². The number of aliphatic carboxylic acids is 2. The van der Waals surface area contributed by atoms with E-state index in [1.54, 1.807) is 0 Å². The van der Waals surface area contributed by atoms with Crippen LogP contribution in [0, 0.1) is 5.41 Å². The van der Waals surface area contributed by atoms with Gasteiger partial charge in [0.05, 0.1) is 6.61 Å². The number of carbonyl (C=O) groups is 2. The summed E-state index contributed by atoms with van der Waals surface area (Å²) in [6, 6.07) is 7.76. The largest absolute Gasteiger partial charge is 0.494 e. The predicted octanol–water partition coefficient (Wildman–Crippen LogP) is 4.22. The van der Waals surface area contributed by atoms with Crippen molar-refractivity contribution in [2.24, 2.45) is 5.41 Å². The van der Waals surface area contributed by atoms with E-state index in [2.05, 4.69) is 12.2 Å². The summed E-state index contributed by atoms with van der Waals surface area (Å²) >= 11 is 0. The average molecular weight is 392 g/mol. The van der Waals surface area contributed by atoms with E-state index in [-0.39, 0.29) is 18.9 Å². The van der Waals surface area contributed by atoms with E-state index in [0.717, 1.165) is 24.3 Å². The fourth-order valence-corrected chi connectivity index (χ4v) is 3.74. The first kappa shape index (κ1) is 22.2. The first-order chi connectivity index (χ1) is 13.5. The summed E-state index contributed by atoms with van der Waals surface area (Å²) in [5.41, 5.74) is -0.582. The first-order valence-corrected chi connectivity index (χ1v) is 10.4. The van der Waals surface area contributed by atoms with Gasteiger partial charge in [0.2, 0.25) is 0 Å². The Kier molecular flexibility index (Phi) is 8.77. The average Bonchev–Trinajstić information content (AvgIpc) is 3.13. The van der Waals surface area contributed by atoms with Crippen molar-refractivity contribution in [3.05, 3.63) is 29.8 Å². The molecule has 0 spiro atoms. The summed E-state index contributed by atoms with van der Waals surface area (Å²) in [4.78, 5) is 22.7. The topological polar surface area (TPSA) is 95.9 Å². The van der Waals surface area contributed by atoms with Crippen molar-refractivity contribution in [3.8, 4) is 5.75 Å². The zero-order valence-electron chi connectivity index (χ0n) is 16.8. The fraction of sp³-hybridized carbons (Fsp3) is 0.636. The number of hydrogen-bond donors (Lipinski definition) is 3. The Balaban J connectivity index is 1.69. The van der Waals surface area contributed by atoms with Gasteiger partial charge in [-0.1, -0.05) is 51.2 Å². The normalized spacial score (nSPS) is 18.1. The molecule has 3 N–H and O–H groups in total. The van der Waals surface area contributed by atoms with Crippen molar-refractivity contribution in [1.29, 1.82) is 0 Å². The van der Waals surface area contributed by atoms with Gasteiger partial charge in [-0.05, 0) is 43.4 Å². The molecule has 0 amide bonds. The third-order valence-corrected chi connectivity index (χ3v) is 5.62. The minimum Gasteiger partial charge on any atom is -0.494 e. The van der Waals surface area contributed by atoms with Crippen LogP contribution in [0.1, 0.15) is 70.3 Å². The lowest BCUT2D eigenvalue weighted by molar-refractivity contribution is -0.164. The molecule has 0 radical (unpaired) electrons. The zero-order chi connectivity index (χ0) is 20.4. The first-order valence-electron chi connectivity index (χ1n) is 10.4. The van der Waals surface area contributed by atoms with Gasteiger partial charge < -0.3 is 20.3 Å². The molecule has 1 unspecified atom stereocenters. The zero-order valence-corrected chi connectivity index (χ0v) is 16.8. The highest BCUT2D eigenvalue weighted by atomic mass is 16.5. The van der Waals surface area contributed by atoms with Gasteiger partial charge >= 0.3 is 11.9 Å². The monoisotopic (exact) mass is 391 g/mol. The van der Waals surface area contributed by atoms with Crippen LogP contribution in [0.5, 0.6) is 5.75 Å². The second-order valence-corrected chi connectivity index (χ2v) is 7.77. The SMILES string of the molecule is CCCCCCCCOc1ccc(CNC2CCC(C(=O)O)(C(=O)O)C2)cc1. The van der Waals surface area contributed by atoms with Crippen molar-refractivity contribution in [1.82, 2.24) is 5.32 Å². The molecule has 0 saturated heterocycles. The summed E-state index contributed by atoms with van der Waals surface area (Å²) in [7, 11) is 0. The lowest BCUT2D eigenvalue weighted by Crippen LogP contribution is -2.39. The summed E-state index contributed by atoms with van der Waals surface area (Å²) in [5.74, 6) is -1.62. The van der Waals surface area contributed by atoms with Gasteiger partial charge in [0.25, 0.3) is 0 Å². The summed E-state index contributed by atoms with van der Waals surface area (Å²) in [6.07, 6.45) is 8.27. The second-order valence-electron chi connectivity index (χ2n) is 7.77. The van der Waals surface area contributed by atoms with Crippen molar-refractivity contribution in [2.75, 3.05) is 6.61 Å². The van der Waals surface area contributed by atoms with Crippen LogP contribution >= 0.6 is 0 Å². The number of nitrogens with one attached hydrogen (secondary N) is 1. The Labute approximate surface area is 167 Å². The van der Waals surface area contributed by atoms with Crippen LogP contribution in [-0.4, -0.2) is 34.8 Å². The number of carboxylic acid groups (broad SMARTS) is 2. The highest BCUT2D eigenvalue weighted by molar-refractivity contribution is 5.98. The predicted molar refractivity (Wildman–Crippen MR) is 107 cm³/mol. The van der Waals surface area contributed by atoms with Crippen LogP contribution in [-0.2, 0) is 16.1 Å². The Bertz CT molecular complexity index is 614. The Hall–Kier alpha value is -2.08. The molecule has 1 saturated carbocycles. The molecule has 0 heterocycles. The van der Waals surface area contributed by atoms with Crippen molar-refractivity contribution in [3.63, 3.8) is 0 Å². The minimum atomic E-state index is -1.65. The van der Waals surface area contributed by atoms with Crippen LogP contribution < -0.4 is 10.1 Å². The lowest BCUT2D eigenvalue weighted by Gasteiger charge is -2.19. The Morgan fingerprint density at radius 1 is 1.07 bits per heavy atom. The molecule has 1 aliphatic rings. The van der Waals surface area contributed by atoms with Gasteiger partial charge in [0.1, 0.15) is 5.75 Å². The highest BCUT2D eigenvalue weighted by Crippen LogP contribution is 2.39. The number of unbranched alkanes of at least 4 members (excludes halogenated alkanes) is 5. The van der Waals surface area contributed by atoms with Crippen molar-refractivity contribution < 1.29 is 24.5 Å². The van der Waals surface area contributed by atoms with E-state index in [4.69, 9.17) is 4.74 Å². The van der Waals surface area contributed by atoms with Crippen LogP contribution in [0.3, 0.4) is 0 Å². The standard InChI is InChI=1S/C22H33NO5/c1-2-3-4-5-6-7-14-28-19-10-8-17(9-11-19)16-23-18-12-13-22(15-18,20(24)25)21(26)27/h8-11,18,23H,2-7,12-16H2,1H3,(H,24,25)(H,26,27). The maximum absolute atomic E-state index is 11.4. The highest BCUT2D eigenvalue weighted by Gasteiger charge is 2.51. The molecule has 0 bridgehead atoms. The van der Waals surface area contributed by atoms with E-state index < -0.39 is 17.4 Å². The molecule has 1 aliphatic carbocycles. The van der Waals surface area contributed by atoms with Crippen molar-refractivity contribution in [2.45, 2.75) is 77.3 Å². The molecule has 0 aliphatic heterocycles. The van der Waals surface area contributed by atoms with Gasteiger partial charge in [0, 0.05) is 12.6 Å². The molecule has 6 heteroatoms. The molecule has 6 nitrogen and oxygen atoms in total. The van der Waals surface area contributed by atoms with Gasteiger partial charge in [-0.2, -0.15) is 0 Å². The van der Waals surface area contributed by atoms with E-state index in [1.165, 1.54) is 32.1 Å². The van der Waals surface area contributed by atoms with Crippen molar-refractivity contribution >= 4 is 11.9 Å². The van der Waals surface area contributed by atoms with Gasteiger partial charge in [-0.25, -0.2) is 0 Å². The summed E-state index contributed by atoms with van der Waals surface area (Å²) < 4.78 is 5.77. The maximum atomic E-state index is 11.4. The molecular formula is C22H33NO5. The molecule has 0 aromatic heterocycles.